The van der Waals surface area contributed by atoms with E-state index in [2.05, 4.69) is 41.3 Å². The molecule has 0 amide bonds. The Kier molecular flexibility index (Phi) is 3.77. The van der Waals surface area contributed by atoms with Crippen molar-refractivity contribution in [3.8, 4) is 0 Å². The van der Waals surface area contributed by atoms with Crippen LogP contribution in [0.5, 0.6) is 0 Å². The van der Waals surface area contributed by atoms with Crippen molar-refractivity contribution in [3.63, 3.8) is 0 Å². The maximum absolute atomic E-state index is 5.46. The van der Waals surface area contributed by atoms with Crippen molar-refractivity contribution in [2.75, 3.05) is 5.43 Å². The summed E-state index contributed by atoms with van der Waals surface area (Å²) in [5, 5.41) is 4.99. The molecule has 0 unspecified atom stereocenters. The summed E-state index contributed by atoms with van der Waals surface area (Å²) in [4.78, 5) is 10.00. The third-order valence-electron chi connectivity index (χ3n) is 2.42. The van der Waals surface area contributed by atoms with Crippen molar-refractivity contribution < 1.29 is 0 Å². The van der Waals surface area contributed by atoms with Crippen LogP contribution in [-0.4, -0.2) is 19.7 Å². The van der Waals surface area contributed by atoms with Crippen LogP contribution in [0.4, 0.5) is 5.82 Å². The average Bonchev–Trinajstić information content (AvgIpc) is 2.73. The topological polar surface area (TPSA) is 81.7 Å². The van der Waals surface area contributed by atoms with Gasteiger partial charge < -0.3 is 5.43 Å². The monoisotopic (exact) mass is 278 g/mol. The van der Waals surface area contributed by atoms with Crippen LogP contribution in [0.15, 0.2) is 28.4 Å². The minimum atomic E-state index is -0.128. The van der Waals surface area contributed by atoms with Crippen molar-refractivity contribution in [2.45, 2.75) is 36.1 Å². The highest BCUT2D eigenvalue weighted by atomic mass is 32.2. The van der Waals surface area contributed by atoms with Gasteiger partial charge in [0.1, 0.15) is 16.7 Å². The SMILES string of the molecule is Cn1cc(Sc2cc(NN)nc(C(C)(C)C)n2)cn1. The van der Waals surface area contributed by atoms with Crippen molar-refractivity contribution in [2.24, 2.45) is 12.9 Å². The molecular weight excluding hydrogens is 260 g/mol. The summed E-state index contributed by atoms with van der Waals surface area (Å²) in [5.74, 6) is 6.84. The molecule has 0 bridgehead atoms. The Morgan fingerprint density at radius 3 is 2.58 bits per heavy atom. The lowest BCUT2D eigenvalue weighted by atomic mass is 9.96. The Bertz CT molecular complexity index is 572. The zero-order chi connectivity index (χ0) is 14.0. The smallest absolute Gasteiger partial charge is 0.144 e. The van der Waals surface area contributed by atoms with Gasteiger partial charge in [-0.1, -0.05) is 32.5 Å². The Labute approximate surface area is 116 Å². The maximum atomic E-state index is 5.46. The number of anilines is 1. The molecule has 0 saturated carbocycles. The first kappa shape index (κ1) is 13.8. The Balaban J connectivity index is 2.34. The Morgan fingerprint density at radius 1 is 1.32 bits per heavy atom. The van der Waals surface area contributed by atoms with E-state index in [1.165, 1.54) is 11.8 Å². The molecule has 0 aliphatic carbocycles. The second-order valence-electron chi connectivity index (χ2n) is 5.26. The number of aryl methyl sites for hydroxylation is 1. The van der Waals surface area contributed by atoms with Crippen LogP contribution in [0.25, 0.3) is 0 Å². The van der Waals surface area contributed by atoms with Gasteiger partial charge >= 0.3 is 0 Å². The summed E-state index contributed by atoms with van der Waals surface area (Å²) in [6.45, 7) is 6.21. The summed E-state index contributed by atoms with van der Waals surface area (Å²) < 4.78 is 1.76. The third-order valence-corrected chi connectivity index (χ3v) is 3.29. The zero-order valence-electron chi connectivity index (χ0n) is 11.5. The van der Waals surface area contributed by atoms with Gasteiger partial charge in [-0.2, -0.15) is 5.10 Å². The molecular formula is C12H18N6S. The molecule has 0 radical (unpaired) electrons. The molecule has 2 aromatic rings. The summed E-state index contributed by atoms with van der Waals surface area (Å²) in [5.41, 5.74) is 2.46. The van der Waals surface area contributed by atoms with E-state index in [0.717, 1.165) is 15.7 Å². The minimum absolute atomic E-state index is 0.128. The first-order chi connectivity index (χ1) is 8.88. The van der Waals surface area contributed by atoms with Gasteiger partial charge in [0.25, 0.3) is 0 Å². The highest BCUT2D eigenvalue weighted by Crippen LogP contribution is 2.29. The molecule has 3 N–H and O–H groups in total. The fraction of sp³-hybridized carbons (Fsp3) is 0.417. The number of hydrazine groups is 1. The summed E-state index contributed by atoms with van der Waals surface area (Å²) >= 11 is 1.54. The number of nitrogens with zero attached hydrogens (tertiary/aromatic N) is 4. The Hall–Kier alpha value is -1.60. The second-order valence-corrected chi connectivity index (χ2v) is 6.35. The summed E-state index contributed by atoms with van der Waals surface area (Å²) in [6, 6.07) is 1.83. The fourth-order valence-electron chi connectivity index (χ4n) is 1.46. The first-order valence-corrected chi connectivity index (χ1v) is 6.73. The van der Waals surface area contributed by atoms with E-state index < -0.39 is 0 Å². The minimum Gasteiger partial charge on any atom is -0.308 e. The van der Waals surface area contributed by atoms with Gasteiger partial charge in [-0.25, -0.2) is 15.8 Å². The molecule has 0 aliphatic heterocycles. The van der Waals surface area contributed by atoms with Crippen LogP contribution in [0.1, 0.15) is 26.6 Å². The van der Waals surface area contributed by atoms with E-state index in [9.17, 15) is 0 Å². The number of nitrogens with two attached hydrogens (primary N) is 1. The van der Waals surface area contributed by atoms with Crippen LogP contribution in [0, 0.1) is 0 Å². The molecule has 102 valence electrons. The van der Waals surface area contributed by atoms with Gasteiger partial charge in [-0.05, 0) is 0 Å². The van der Waals surface area contributed by atoms with Gasteiger partial charge in [0, 0.05) is 24.7 Å². The van der Waals surface area contributed by atoms with Gasteiger partial charge in [0.15, 0.2) is 0 Å². The van der Waals surface area contributed by atoms with E-state index in [1.54, 1.807) is 10.9 Å². The fourth-order valence-corrected chi connectivity index (χ4v) is 2.31. The number of rotatable bonds is 3. The normalized spacial score (nSPS) is 11.6. The molecule has 0 saturated heterocycles. The molecule has 19 heavy (non-hydrogen) atoms. The van der Waals surface area contributed by atoms with Crippen LogP contribution >= 0.6 is 11.8 Å². The predicted octanol–water partition coefficient (Wildman–Crippen LogP) is 1.94. The number of aromatic nitrogens is 4. The van der Waals surface area contributed by atoms with E-state index in [-0.39, 0.29) is 5.41 Å². The molecule has 0 aromatic carbocycles. The second kappa shape index (κ2) is 5.18. The lowest BCUT2D eigenvalue weighted by Gasteiger charge is -2.18. The summed E-state index contributed by atoms with van der Waals surface area (Å²) in [6.07, 6.45) is 3.75. The van der Waals surface area contributed by atoms with Crippen molar-refractivity contribution in [1.82, 2.24) is 19.7 Å². The number of nitrogen functional groups attached to an aromatic ring is 1. The standard InChI is InChI=1S/C12H18N6S/c1-12(2,3)11-15-9(17-13)5-10(16-11)19-8-6-14-18(4)7-8/h5-7H,13H2,1-4H3,(H,15,16,17). The highest BCUT2D eigenvalue weighted by molar-refractivity contribution is 7.99. The molecule has 2 rings (SSSR count). The van der Waals surface area contributed by atoms with Crippen LogP contribution in [0.2, 0.25) is 0 Å². The van der Waals surface area contributed by atoms with Crippen LogP contribution in [0.3, 0.4) is 0 Å². The van der Waals surface area contributed by atoms with Gasteiger partial charge in [0.05, 0.1) is 11.1 Å². The lowest BCUT2D eigenvalue weighted by Crippen LogP contribution is -2.19. The molecule has 2 aromatic heterocycles. The zero-order valence-corrected chi connectivity index (χ0v) is 12.3. The molecule has 6 nitrogen and oxygen atoms in total. The van der Waals surface area contributed by atoms with Crippen molar-refractivity contribution >= 4 is 17.6 Å². The summed E-state index contributed by atoms with van der Waals surface area (Å²) in [7, 11) is 1.89. The van der Waals surface area contributed by atoms with Gasteiger partial charge in [-0.3, -0.25) is 4.68 Å². The quantitative estimate of drug-likeness (QED) is 0.507. The van der Waals surface area contributed by atoms with Gasteiger partial charge in [0.2, 0.25) is 0 Å². The van der Waals surface area contributed by atoms with E-state index in [1.807, 2.05) is 19.3 Å². The van der Waals surface area contributed by atoms with E-state index >= 15 is 0 Å². The third kappa shape index (κ3) is 3.45. The molecule has 0 spiro atoms. The first-order valence-electron chi connectivity index (χ1n) is 5.91. The highest BCUT2D eigenvalue weighted by Gasteiger charge is 2.19. The average molecular weight is 278 g/mol. The van der Waals surface area contributed by atoms with Crippen LogP contribution < -0.4 is 11.3 Å². The van der Waals surface area contributed by atoms with Crippen molar-refractivity contribution in [3.05, 3.63) is 24.3 Å². The molecule has 2 heterocycles. The predicted molar refractivity (Wildman–Crippen MR) is 75.9 cm³/mol. The Morgan fingerprint density at radius 2 is 2.05 bits per heavy atom. The molecule has 0 aliphatic rings. The number of hydrogen-bond acceptors (Lipinski definition) is 6. The molecule has 0 atom stereocenters. The number of nitrogens with one attached hydrogen (secondary N) is 1. The van der Waals surface area contributed by atoms with Gasteiger partial charge in [-0.15, -0.1) is 0 Å². The van der Waals surface area contributed by atoms with Crippen LogP contribution in [-0.2, 0) is 12.5 Å². The van der Waals surface area contributed by atoms with E-state index in [4.69, 9.17) is 5.84 Å². The molecule has 7 heteroatoms. The lowest BCUT2D eigenvalue weighted by molar-refractivity contribution is 0.539. The number of hydrogen-bond donors (Lipinski definition) is 2. The van der Waals surface area contributed by atoms with Crippen molar-refractivity contribution in [1.29, 1.82) is 0 Å². The molecule has 0 fully saturated rings. The van der Waals surface area contributed by atoms with E-state index in [0.29, 0.717) is 5.82 Å². The largest absolute Gasteiger partial charge is 0.308 e. The maximum Gasteiger partial charge on any atom is 0.144 e.